The van der Waals surface area contributed by atoms with Crippen LogP contribution in [-0.2, 0) is 4.74 Å². The number of thiocarbonyl (C=S) groups is 1. The summed E-state index contributed by atoms with van der Waals surface area (Å²) in [5.41, 5.74) is 11.6. The van der Waals surface area contributed by atoms with Crippen molar-refractivity contribution in [3.05, 3.63) is 16.8 Å². The summed E-state index contributed by atoms with van der Waals surface area (Å²) in [6.07, 6.45) is 0. The van der Waals surface area contributed by atoms with Crippen LogP contribution in [-0.4, -0.2) is 46.5 Å². The minimum atomic E-state index is 0.334. The van der Waals surface area contributed by atoms with E-state index in [1.54, 1.807) is 0 Å². The van der Waals surface area contributed by atoms with Gasteiger partial charge in [0.05, 0.1) is 24.5 Å². The molecule has 0 aliphatic carbocycles. The Morgan fingerprint density at radius 2 is 2.00 bits per heavy atom. The number of rotatable bonds is 3. The first-order valence-corrected chi connectivity index (χ1v) is 6.23. The molecule has 6 nitrogen and oxygen atoms in total. The summed E-state index contributed by atoms with van der Waals surface area (Å²) in [5, 5.41) is 10.3. The van der Waals surface area contributed by atoms with Crippen LogP contribution in [0.15, 0.2) is 0 Å². The molecule has 18 heavy (non-hydrogen) atoms. The molecule has 3 N–H and O–H groups in total. The summed E-state index contributed by atoms with van der Waals surface area (Å²) in [6, 6.07) is 0. The molecule has 0 spiro atoms. The topological polar surface area (TPSA) is 76.3 Å². The number of morpholine rings is 1. The molecule has 2 heterocycles. The third-order valence-corrected chi connectivity index (χ3v) is 3.18. The zero-order valence-electron chi connectivity index (χ0n) is 10.6. The molecule has 2 rings (SSSR count). The molecule has 7 heteroatoms. The molecule has 0 saturated carbocycles. The van der Waals surface area contributed by atoms with E-state index in [4.69, 9.17) is 22.7 Å². The fourth-order valence-corrected chi connectivity index (χ4v) is 2.06. The first-order chi connectivity index (χ1) is 8.59. The predicted octanol–water partition coefficient (Wildman–Crippen LogP) is 0.387. The summed E-state index contributed by atoms with van der Waals surface area (Å²) in [6.45, 7) is 6.84. The van der Waals surface area contributed by atoms with Gasteiger partial charge in [0, 0.05) is 13.1 Å². The average Bonchev–Trinajstić information content (AvgIpc) is 2.35. The number of anilines is 1. The Kier molecular flexibility index (Phi) is 4.05. The smallest absolute Gasteiger partial charge is 0.173 e. The fourth-order valence-electron chi connectivity index (χ4n) is 1.81. The first kappa shape index (κ1) is 13.1. The van der Waals surface area contributed by atoms with Crippen molar-refractivity contribution >= 4 is 23.0 Å². The number of nitrogens with one attached hydrogen (secondary N) is 1. The fraction of sp³-hybridized carbons (Fsp3) is 0.545. The highest BCUT2D eigenvalue weighted by Crippen LogP contribution is 2.19. The van der Waals surface area contributed by atoms with Crippen molar-refractivity contribution in [2.45, 2.75) is 13.8 Å². The Labute approximate surface area is 111 Å². The van der Waals surface area contributed by atoms with Gasteiger partial charge in [-0.2, -0.15) is 5.10 Å². The summed E-state index contributed by atoms with van der Waals surface area (Å²) < 4.78 is 5.29. The molecule has 1 saturated heterocycles. The van der Waals surface area contributed by atoms with Crippen molar-refractivity contribution in [1.82, 2.24) is 15.2 Å². The maximum atomic E-state index is 5.77. The third-order valence-electron chi connectivity index (χ3n) is 2.98. The molecular formula is C11H17N5OS. The van der Waals surface area contributed by atoms with Gasteiger partial charge >= 0.3 is 0 Å². The van der Waals surface area contributed by atoms with E-state index in [0.717, 1.165) is 29.9 Å². The van der Waals surface area contributed by atoms with Gasteiger partial charge < -0.3 is 15.9 Å². The summed E-state index contributed by atoms with van der Waals surface area (Å²) in [5.74, 6) is 0.618. The van der Waals surface area contributed by atoms with Gasteiger partial charge in [-0.1, -0.05) is 12.2 Å². The molecule has 0 radical (unpaired) electrons. The number of aryl methyl sites for hydroxylation is 1. The lowest BCUT2D eigenvalue weighted by Gasteiger charge is -2.28. The molecule has 1 aromatic heterocycles. The van der Waals surface area contributed by atoms with Crippen LogP contribution < -0.4 is 11.2 Å². The van der Waals surface area contributed by atoms with Crippen LogP contribution in [0.4, 0.5) is 5.82 Å². The molecule has 0 unspecified atom stereocenters. The molecule has 0 aromatic carbocycles. The van der Waals surface area contributed by atoms with Gasteiger partial charge in [0.15, 0.2) is 5.82 Å². The Balaban J connectivity index is 2.26. The van der Waals surface area contributed by atoms with E-state index >= 15 is 0 Å². The molecule has 0 atom stereocenters. The number of hydrogen-bond donors (Lipinski definition) is 2. The van der Waals surface area contributed by atoms with Gasteiger partial charge in [0.1, 0.15) is 4.99 Å². The van der Waals surface area contributed by atoms with E-state index in [-0.39, 0.29) is 0 Å². The van der Waals surface area contributed by atoms with E-state index in [9.17, 15) is 0 Å². The van der Waals surface area contributed by atoms with Gasteiger partial charge in [0.2, 0.25) is 0 Å². The van der Waals surface area contributed by atoms with Crippen LogP contribution in [0.5, 0.6) is 0 Å². The van der Waals surface area contributed by atoms with Crippen LogP contribution in [0, 0.1) is 13.8 Å². The maximum Gasteiger partial charge on any atom is 0.173 e. The molecule has 98 valence electrons. The Hall–Kier alpha value is -1.31. The average molecular weight is 267 g/mol. The SMILES string of the molecule is Cc1nnc(NN2CCOCC2)c(C(N)=S)c1C. The quantitative estimate of drug-likeness (QED) is 0.767. The molecule has 1 aliphatic rings. The highest BCUT2D eigenvalue weighted by molar-refractivity contribution is 7.80. The van der Waals surface area contributed by atoms with Crippen molar-refractivity contribution < 1.29 is 4.74 Å². The lowest BCUT2D eigenvalue weighted by Crippen LogP contribution is -2.41. The highest BCUT2D eigenvalue weighted by atomic mass is 32.1. The van der Waals surface area contributed by atoms with Crippen molar-refractivity contribution in [3.63, 3.8) is 0 Å². The van der Waals surface area contributed by atoms with Crippen molar-refractivity contribution in [2.24, 2.45) is 5.73 Å². The monoisotopic (exact) mass is 267 g/mol. The largest absolute Gasteiger partial charge is 0.389 e. The van der Waals surface area contributed by atoms with Crippen LogP contribution in [0.1, 0.15) is 16.8 Å². The number of ether oxygens (including phenoxy) is 1. The lowest BCUT2D eigenvalue weighted by molar-refractivity contribution is 0.0494. The highest BCUT2D eigenvalue weighted by Gasteiger charge is 2.17. The minimum Gasteiger partial charge on any atom is -0.389 e. The van der Waals surface area contributed by atoms with Gasteiger partial charge in [-0.05, 0) is 19.4 Å². The number of nitrogens with two attached hydrogens (primary N) is 1. The summed E-state index contributed by atoms with van der Waals surface area (Å²) in [7, 11) is 0. The second-order valence-electron chi connectivity index (χ2n) is 4.21. The van der Waals surface area contributed by atoms with Crippen LogP contribution >= 0.6 is 12.2 Å². The minimum absolute atomic E-state index is 0.334. The second-order valence-corrected chi connectivity index (χ2v) is 4.65. The number of hydrazine groups is 1. The number of hydrogen-bond acceptors (Lipinski definition) is 6. The number of nitrogens with zero attached hydrogens (tertiary/aromatic N) is 3. The van der Waals surface area contributed by atoms with Crippen LogP contribution in [0.25, 0.3) is 0 Å². The Morgan fingerprint density at radius 1 is 1.33 bits per heavy atom. The van der Waals surface area contributed by atoms with Gasteiger partial charge in [-0.3, -0.25) is 0 Å². The lowest BCUT2D eigenvalue weighted by atomic mass is 10.1. The van der Waals surface area contributed by atoms with Crippen LogP contribution in [0.2, 0.25) is 0 Å². The summed E-state index contributed by atoms with van der Waals surface area (Å²) >= 11 is 5.09. The van der Waals surface area contributed by atoms with E-state index < -0.39 is 0 Å². The van der Waals surface area contributed by atoms with E-state index in [1.165, 1.54) is 0 Å². The molecule has 0 bridgehead atoms. The van der Waals surface area contributed by atoms with E-state index in [0.29, 0.717) is 24.0 Å². The van der Waals surface area contributed by atoms with Crippen molar-refractivity contribution in [2.75, 3.05) is 31.7 Å². The molecule has 1 fully saturated rings. The molecule has 0 amide bonds. The van der Waals surface area contributed by atoms with E-state index in [2.05, 4.69) is 15.6 Å². The summed E-state index contributed by atoms with van der Waals surface area (Å²) in [4.78, 5) is 0.334. The zero-order chi connectivity index (χ0) is 13.1. The first-order valence-electron chi connectivity index (χ1n) is 5.82. The second kappa shape index (κ2) is 5.55. The zero-order valence-corrected chi connectivity index (χ0v) is 11.4. The third kappa shape index (κ3) is 2.74. The predicted molar refractivity (Wildman–Crippen MR) is 73.4 cm³/mol. The Bertz CT molecular complexity index is 459. The van der Waals surface area contributed by atoms with E-state index in [1.807, 2.05) is 18.9 Å². The van der Waals surface area contributed by atoms with Gasteiger partial charge in [0.25, 0.3) is 0 Å². The van der Waals surface area contributed by atoms with Crippen molar-refractivity contribution in [1.29, 1.82) is 0 Å². The van der Waals surface area contributed by atoms with Crippen molar-refractivity contribution in [3.8, 4) is 0 Å². The standard InChI is InChI=1S/C11H17N5OS/c1-7-8(2)13-14-11(9(7)10(12)18)15-16-3-5-17-6-4-16/h3-6H2,1-2H3,(H2,12,18)(H,14,15). The van der Waals surface area contributed by atoms with Crippen LogP contribution in [0.3, 0.4) is 0 Å². The normalized spacial score (nSPS) is 16.6. The van der Waals surface area contributed by atoms with Gasteiger partial charge in [-0.15, -0.1) is 5.10 Å². The molecular weight excluding hydrogens is 250 g/mol. The Morgan fingerprint density at radius 3 is 2.61 bits per heavy atom. The maximum absolute atomic E-state index is 5.77. The molecule has 1 aromatic rings. The van der Waals surface area contributed by atoms with Gasteiger partial charge in [-0.25, -0.2) is 5.01 Å². The number of aromatic nitrogens is 2. The molecule has 1 aliphatic heterocycles.